The molecule has 34 heavy (non-hydrogen) atoms. The predicted molar refractivity (Wildman–Crippen MR) is 118 cm³/mol. The van der Waals surface area contributed by atoms with Crippen LogP contribution in [0.15, 0.2) is 58.0 Å². The lowest BCUT2D eigenvalue weighted by Crippen LogP contribution is -2.38. The predicted octanol–water partition coefficient (Wildman–Crippen LogP) is 2.54. The van der Waals surface area contributed by atoms with Crippen LogP contribution in [0.2, 0.25) is 0 Å². The van der Waals surface area contributed by atoms with Gasteiger partial charge in [0.05, 0.1) is 11.4 Å². The number of benzene rings is 1. The third-order valence-electron chi connectivity index (χ3n) is 5.10. The number of rotatable bonds is 11. The molecule has 0 saturated carbocycles. The van der Waals surface area contributed by atoms with Gasteiger partial charge >= 0.3 is 5.97 Å². The fourth-order valence-corrected chi connectivity index (χ4v) is 3.57. The van der Waals surface area contributed by atoms with Crippen molar-refractivity contribution in [1.29, 1.82) is 0 Å². The topological polar surface area (TPSA) is 149 Å². The third-order valence-corrected chi connectivity index (χ3v) is 5.10. The maximum Gasteiger partial charge on any atom is 0.357 e. The zero-order chi connectivity index (χ0) is 23.9. The first kappa shape index (κ1) is 22.9. The molecule has 4 aromatic rings. The highest BCUT2D eigenvalue weighted by Gasteiger charge is 2.22. The smallest absolute Gasteiger partial charge is 0.357 e. The molecule has 1 aromatic carbocycles. The van der Waals surface area contributed by atoms with E-state index in [1.54, 1.807) is 6.20 Å². The Kier molecular flexibility index (Phi) is 7.11. The fourth-order valence-electron chi connectivity index (χ4n) is 3.57. The molecular formula is C23H24N6O5. The maximum atomic E-state index is 12.9. The van der Waals surface area contributed by atoms with Crippen molar-refractivity contribution in [3.63, 3.8) is 0 Å². The molecule has 1 unspecified atom stereocenters. The van der Waals surface area contributed by atoms with E-state index in [0.717, 1.165) is 18.2 Å². The minimum atomic E-state index is -1.16. The summed E-state index contributed by atoms with van der Waals surface area (Å²) in [7, 11) is 0. The van der Waals surface area contributed by atoms with Crippen LogP contribution in [-0.4, -0.2) is 48.0 Å². The number of oxazole rings is 2. The summed E-state index contributed by atoms with van der Waals surface area (Å²) >= 11 is 0. The number of hydrogen-bond acceptors (Lipinski definition) is 8. The molecule has 2 N–H and O–H groups in total. The standard InChI is InChI=1S/C23H24N6O5/c1-2-6-18-21(34-14-24-18)22(30)25-16(9-15-7-4-3-5-8-15)10-17-11-29(28-27-17)12-20-26-19(13-33-20)23(31)32/h3-5,7-8,11,13-14,16H,2,6,9-10,12H2,1H3,(H,25,30)(H,31,32). The third kappa shape index (κ3) is 5.74. The molecule has 1 atom stereocenters. The first-order valence-corrected chi connectivity index (χ1v) is 10.9. The van der Waals surface area contributed by atoms with Gasteiger partial charge < -0.3 is 19.3 Å². The highest BCUT2D eigenvalue weighted by atomic mass is 16.4. The van der Waals surface area contributed by atoms with E-state index < -0.39 is 5.97 Å². The zero-order valence-electron chi connectivity index (χ0n) is 18.5. The Morgan fingerprint density at radius 1 is 1.18 bits per heavy atom. The SMILES string of the molecule is CCCc1ncoc1C(=O)NC(Cc1ccccc1)Cc1cn(Cc2nc(C(=O)O)co2)nn1. The molecule has 0 bridgehead atoms. The molecular weight excluding hydrogens is 440 g/mol. The minimum Gasteiger partial charge on any atom is -0.476 e. The number of nitrogens with zero attached hydrogens (tertiary/aromatic N) is 5. The molecule has 3 aromatic heterocycles. The Balaban J connectivity index is 1.47. The molecule has 0 aliphatic rings. The Morgan fingerprint density at radius 2 is 2.00 bits per heavy atom. The van der Waals surface area contributed by atoms with Gasteiger partial charge in [-0.2, -0.15) is 0 Å². The molecule has 176 valence electrons. The number of hydrogen-bond donors (Lipinski definition) is 2. The van der Waals surface area contributed by atoms with Crippen molar-refractivity contribution >= 4 is 11.9 Å². The van der Waals surface area contributed by atoms with Crippen molar-refractivity contribution < 1.29 is 23.5 Å². The van der Waals surface area contributed by atoms with Crippen molar-refractivity contribution in [3.05, 3.63) is 83.5 Å². The normalized spacial score (nSPS) is 11.9. The summed E-state index contributed by atoms with van der Waals surface area (Å²) in [6, 6.07) is 9.54. The van der Waals surface area contributed by atoms with Crippen LogP contribution in [0.25, 0.3) is 0 Å². The Hall–Kier alpha value is -4.28. The van der Waals surface area contributed by atoms with Gasteiger partial charge in [-0.25, -0.2) is 19.4 Å². The van der Waals surface area contributed by atoms with Gasteiger partial charge in [-0.15, -0.1) is 5.10 Å². The number of amides is 1. The second-order valence-electron chi connectivity index (χ2n) is 7.78. The van der Waals surface area contributed by atoms with Crippen LogP contribution in [0.4, 0.5) is 0 Å². The Bertz CT molecular complexity index is 1250. The summed E-state index contributed by atoms with van der Waals surface area (Å²) in [6.45, 7) is 2.15. The van der Waals surface area contributed by atoms with Gasteiger partial charge in [0.1, 0.15) is 12.8 Å². The number of aromatic carboxylic acids is 1. The van der Waals surface area contributed by atoms with Crippen molar-refractivity contribution in [1.82, 2.24) is 30.3 Å². The van der Waals surface area contributed by atoms with Crippen LogP contribution >= 0.6 is 0 Å². The van der Waals surface area contributed by atoms with Gasteiger partial charge in [0.15, 0.2) is 12.1 Å². The summed E-state index contributed by atoms with van der Waals surface area (Å²) in [5.41, 5.74) is 2.18. The molecule has 11 nitrogen and oxygen atoms in total. The summed E-state index contributed by atoms with van der Waals surface area (Å²) in [6.07, 6.45) is 6.59. The molecule has 0 saturated heterocycles. The Morgan fingerprint density at radius 3 is 2.74 bits per heavy atom. The van der Waals surface area contributed by atoms with E-state index in [1.807, 2.05) is 37.3 Å². The van der Waals surface area contributed by atoms with Crippen LogP contribution in [0.1, 0.15) is 57.2 Å². The number of aromatic nitrogens is 5. The van der Waals surface area contributed by atoms with Crippen molar-refractivity contribution in [3.8, 4) is 0 Å². The number of aryl methyl sites for hydroxylation is 1. The molecule has 3 heterocycles. The molecule has 0 fully saturated rings. The maximum absolute atomic E-state index is 12.9. The first-order valence-electron chi connectivity index (χ1n) is 10.9. The number of carboxylic acid groups (broad SMARTS) is 1. The van der Waals surface area contributed by atoms with Crippen LogP contribution in [0.5, 0.6) is 0 Å². The quantitative estimate of drug-likeness (QED) is 0.341. The van der Waals surface area contributed by atoms with E-state index in [-0.39, 0.29) is 35.8 Å². The van der Waals surface area contributed by atoms with E-state index in [1.165, 1.54) is 11.1 Å². The zero-order valence-corrected chi connectivity index (χ0v) is 18.5. The summed E-state index contributed by atoms with van der Waals surface area (Å²) < 4.78 is 12.0. The summed E-state index contributed by atoms with van der Waals surface area (Å²) in [4.78, 5) is 32.0. The second-order valence-corrected chi connectivity index (χ2v) is 7.78. The molecule has 1 amide bonds. The summed E-state index contributed by atoms with van der Waals surface area (Å²) in [5, 5.41) is 20.3. The highest BCUT2D eigenvalue weighted by Crippen LogP contribution is 2.13. The lowest BCUT2D eigenvalue weighted by Gasteiger charge is -2.17. The van der Waals surface area contributed by atoms with Crippen molar-refractivity contribution in [2.24, 2.45) is 0 Å². The van der Waals surface area contributed by atoms with Crippen LogP contribution < -0.4 is 5.32 Å². The number of carbonyl (C=O) groups is 2. The van der Waals surface area contributed by atoms with Crippen molar-refractivity contribution in [2.75, 3.05) is 0 Å². The molecule has 0 aliphatic carbocycles. The molecule has 11 heteroatoms. The van der Waals surface area contributed by atoms with E-state index >= 15 is 0 Å². The van der Waals surface area contributed by atoms with Gasteiger partial charge in [-0.05, 0) is 18.4 Å². The fraction of sp³-hybridized carbons (Fsp3) is 0.304. The molecule has 4 rings (SSSR count). The lowest BCUT2D eigenvalue weighted by atomic mass is 10.0. The minimum absolute atomic E-state index is 0.133. The monoisotopic (exact) mass is 464 g/mol. The number of carbonyl (C=O) groups excluding carboxylic acids is 1. The number of carboxylic acids is 1. The summed E-state index contributed by atoms with van der Waals surface area (Å²) in [5.74, 6) is -1.06. The largest absolute Gasteiger partial charge is 0.476 e. The van der Waals surface area contributed by atoms with Gasteiger partial charge in [0.2, 0.25) is 11.7 Å². The van der Waals surface area contributed by atoms with Gasteiger partial charge in [-0.1, -0.05) is 48.9 Å². The lowest BCUT2D eigenvalue weighted by molar-refractivity contribution is 0.0690. The molecule has 0 spiro atoms. The van der Waals surface area contributed by atoms with E-state index in [4.69, 9.17) is 13.9 Å². The van der Waals surface area contributed by atoms with Crippen LogP contribution in [-0.2, 0) is 25.8 Å². The average Bonchev–Trinajstić information content (AvgIpc) is 3.57. The average molecular weight is 464 g/mol. The van der Waals surface area contributed by atoms with E-state index in [9.17, 15) is 9.59 Å². The van der Waals surface area contributed by atoms with E-state index in [2.05, 4.69) is 25.6 Å². The number of nitrogens with one attached hydrogen (secondary N) is 1. The van der Waals surface area contributed by atoms with E-state index in [0.29, 0.717) is 30.7 Å². The van der Waals surface area contributed by atoms with Crippen LogP contribution in [0.3, 0.4) is 0 Å². The molecule has 0 radical (unpaired) electrons. The molecule has 0 aliphatic heterocycles. The van der Waals surface area contributed by atoms with Gasteiger partial charge in [0, 0.05) is 18.7 Å². The van der Waals surface area contributed by atoms with Gasteiger partial charge in [-0.3, -0.25) is 4.79 Å². The van der Waals surface area contributed by atoms with Gasteiger partial charge in [0.25, 0.3) is 5.91 Å². The Labute approximate surface area is 194 Å². The second kappa shape index (κ2) is 10.6. The van der Waals surface area contributed by atoms with Crippen molar-refractivity contribution in [2.45, 2.75) is 45.2 Å². The first-order chi connectivity index (χ1) is 16.5. The van der Waals surface area contributed by atoms with Crippen LogP contribution in [0, 0.1) is 0 Å². The highest BCUT2D eigenvalue weighted by molar-refractivity contribution is 5.92.